The van der Waals surface area contributed by atoms with E-state index >= 15 is 0 Å². The highest BCUT2D eigenvalue weighted by molar-refractivity contribution is 5.45. The fourth-order valence-corrected chi connectivity index (χ4v) is 6.44. The van der Waals surface area contributed by atoms with Crippen molar-refractivity contribution in [1.82, 2.24) is 0 Å². The van der Waals surface area contributed by atoms with Gasteiger partial charge in [0.25, 0.3) is 0 Å². The van der Waals surface area contributed by atoms with Crippen molar-refractivity contribution in [3.05, 3.63) is 52.7 Å². The quantitative estimate of drug-likeness (QED) is 0.695. The Labute approximate surface area is 150 Å². The van der Waals surface area contributed by atoms with E-state index in [1.807, 2.05) is 0 Å². The Balaban J connectivity index is 2.53. The number of hydrogen-bond acceptors (Lipinski definition) is 2. The molecule has 0 amide bonds. The summed E-state index contributed by atoms with van der Waals surface area (Å²) in [5.74, 6) is 2.04. The standard InChI is InChI=1S/C20H26IO2/c1-11-9-17(13(3)15(5)19(11)22-7)21-18-10-12(2)20(23-8)16(6)14(18)4/h9-10H,1-8H3/q+1. The Morgan fingerprint density at radius 3 is 1.26 bits per heavy atom. The fourth-order valence-electron chi connectivity index (χ4n) is 2.95. The van der Waals surface area contributed by atoms with Crippen molar-refractivity contribution < 1.29 is 30.7 Å². The molecule has 0 aliphatic heterocycles. The lowest BCUT2D eigenvalue weighted by atomic mass is 10.1. The lowest BCUT2D eigenvalue weighted by molar-refractivity contribution is -0.598. The van der Waals surface area contributed by atoms with E-state index in [9.17, 15) is 0 Å². The van der Waals surface area contributed by atoms with Crippen molar-refractivity contribution in [1.29, 1.82) is 0 Å². The average Bonchev–Trinajstić information content (AvgIpc) is 2.50. The Bertz CT molecular complexity index is 685. The van der Waals surface area contributed by atoms with Gasteiger partial charge in [-0.2, -0.15) is 0 Å². The maximum atomic E-state index is 5.55. The number of benzene rings is 2. The first kappa shape index (κ1) is 18.1. The summed E-state index contributed by atoms with van der Waals surface area (Å²) >= 11 is -0.229. The zero-order valence-electron chi connectivity index (χ0n) is 15.3. The predicted molar refractivity (Wildman–Crippen MR) is 91.8 cm³/mol. The summed E-state index contributed by atoms with van der Waals surface area (Å²) in [5.41, 5.74) is 7.72. The summed E-state index contributed by atoms with van der Waals surface area (Å²) in [5, 5.41) is 0. The van der Waals surface area contributed by atoms with Crippen molar-refractivity contribution in [2.45, 2.75) is 41.5 Å². The number of halogens is 1. The molecule has 0 aliphatic rings. The Hall–Kier alpha value is -1.23. The van der Waals surface area contributed by atoms with Crippen LogP contribution in [0.25, 0.3) is 0 Å². The molecule has 0 aromatic heterocycles. The molecule has 0 aliphatic carbocycles. The van der Waals surface area contributed by atoms with Gasteiger partial charge in [-0.15, -0.1) is 0 Å². The average molecular weight is 425 g/mol. The van der Waals surface area contributed by atoms with Crippen LogP contribution in [0.5, 0.6) is 11.5 Å². The van der Waals surface area contributed by atoms with Crippen LogP contribution in [0.15, 0.2) is 12.1 Å². The Kier molecular flexibility index (Phi) is 5.61. The van der Waals surface area contributed by atoms with Crippen molar-refractivity contribution in [3.8, 4) is 11.5 Å². The Morgan fingerprint density at radius 2 is 0.957 bits per heavy atom. The van der Waals surface area contributed by atoms with Crippen LogP contribution in [0, 0.1) is 48.7 Å². The number of hydrogen-bond donors (Lipinski definition) is 0. The van der Waals surface area contributed by atoms with E-state index in [0.717, 1.165) is 11.5 Å². The van der Waals surface area contributed by atoms with Crippen LogP contribution in [-0.2, 0) is 0 Å². The topological polar surface area (TPSA) is 18.5 Å². The predicted octanol–water partition coefficient (Wildman–Crippen LogP) is 1.68. The molecule has 0 heterocycles. The second-order valence-electron chi connectivity index (χ2n) is 6.01. The molecule has 2 rings (SSSR count). The molecule has 3 heteroatoms. The second-order valence-corrected chi connectivity index (χ2v) is 8.88. The molecule has 0 unspecified atom stereocenters. The van der Waals surface area contributed by atoms with Crippen molar-refractivity contribution >= 4 is 0 Å². The van der Waals surface area contributed by atoms with E-state index in [0.29, 0.717) is 0 Å². The molecule has 2 nitrogen and oxygen atoms in total. The maximum absolute atomic E-state index is 5.55. The SMILES string of the molecule is COc1c(C)cc([I+]c2cc(C)c(OC)c(C)c2C)c(C)c1C. The van der Waals surface area contributed by atoms with Crippen LogP contribution in [-0.4, -0.2) is 14.2 Å². The van der Waals surface area contributed by atoms with Gasteiger partial charge in [-0.25, -0.2) is 0 Å². The monoisotopic (exact) mass is 425 g/mol. The molecular formula is C20H26IO2+. The van der Waals surface area contributed by atoms with Crippen LogP contribution in [0.4, 0.5) is 0 Å². The molecule has 0 atom stereocenters. The van der Waals surface area contributed by atoms with E-state index in [-0.39, 0.29) is 21.2 Å². The molecule has 0 saturated heterocycles. The maximum Gasteiger partial charge on any atom is 0.358 e. The minimum atomic E-state index is -0.229. The molecule has 124 valence electrons. The van der Waals surface area contributed by atoms with E-state index in [2.05, 4.69) is 53.7 Å². The van der Waals surface area contributed by atoms with Gasteiger partial charge in [0.15, 0.2) is 7.14 Å². The number of methoxy groups -OCH3 is 2. The third-order valence-corrected chi connectivity index (χ3v) is 7.94. The van der Waals surface area contributed by atoms with Gasteiger partial charge >= 0.3 is 21.2 Å². The van der Waals surface area contributed by atoms with Crippen molar-refractivity contribution in [2.24, 2.45) is 0 Å². The van der Waals surface area contributed by atoms with Gasteiger partial charge in [0.2, 0.25) is 0 Å². The van der Waals surface area contributed by atoms with E-state index < -0.39 is 0 Å². The zero-order chi connectivity index (χ0) is 17.3. The Morgan fingerprint density at radius 1 is 0.609 bits per heavy atom. The molecule has 2 aromatic carbocycles. The summed E-state index contributed by atoms with van der Waals surface area (Å²) in [4.78, 5) is 0. The summed E-state index contributed by atoms with van der Waals surface area (Å²) in [6.45, 7) is 13.0. The highest BCUT2D eigenvalue weighted by atomic mass is 127. The molecule has 0 radical (unpaired) electrons. The normalized spacial score (nSPS) is 10.8. The number of rotatable bonds is 4. The molecule has 0 spiro atoms. The first-order chi connectivity index (χ1) is 10.8. The fraction of sp³-hybridized carbons (Fsp3) is 0.400. The lowest BCUT2D eigenvalue weighted by Crippen LogP contribution is -3.62. The highest BCUT2D eigenvalue weighted by Gasteiger charge is 2.26. The van der Waals surface area contributed by atoms with Gasteiger partial charge in [-0.3, -0.25) is 0 Å². The van der Waals surface area contributed by atoms with Gasteiger partial charge in [-0.05, 0) is 75.9 Å². The minimum absolute atomic E-state index is 0.229. The summed E-state index contributed by atoms with van der Waals surface area (Å²) in [6, 6.07) is 4.62. The largest absolute Gasteiger partial charge is 0.496 e. The first-order valence-electron chi connectivity index (χ1n) is 7.76. The zero-order valence-corrected chi connectivity index (χ0v) is 17.5. The third kappa shape index (κ3) is 3.35. The van der Waals surface area contributed by atoms with Crippen LogP contribution in [0.3, 0.4) is 0 Å². The van der Waals surface area contributed by atoms with Gasteiger partial charge in [0.05, 0.1) is 14.2 Å². The van der Waals surface area contributed by atoms with E-state index in [4.69, 9.17) is 9.47 Å². The van der Waals surface area contributed by atoms with Gasteiger partial charge in [-0.1, -0.05) is 0 Å². The smallest absolute Gasteiger partial charge is 0.358 e. The number of aryl methyl sites for hydroxylation is 2. The van der Waals surface area contributed by atoms with E-state index in [1.54, 1.807) is 14.2 Å². The second kappa shape index (κ2) is 7.12. The summed E-state index contributed by atoms with van der Waals surface area (Å²) < 4.78 is 14.1. The van der Waals surface area contributed by atoms with Crippen LogP contribution >= 0.6 is 0 Å². The van der Waals surface area contributed by atoms with E-state index in [1.165, 1.54) is 40.5 Å². The van der Waals surface area contributed by atoms with Gasteiger partial charge in [0.1, 0.15) is 11.5 Å². The van der Waals surface area contributed by atoms with Crippen molar-refractivity contribution in [3.63, 3.8) is 0 Å². The molecule has 2 aromatic rings. The molecule has 0 saturated carbocycles. The number of ether oxygens (including phenoxy) is 2. The third-order valence-electron chi connectivity index (χ3n) is 4.54. The first-order valence-corrected chi connectivity index (χ1v) is 9.91. The lowest BCUT2D eigenvalue weighted by Gasteiger charge is -2.12. The highest BCUT2D eigenvalue weighted by Crippen LogP contribution is 2.26. The van der Waals surface area contributed by atoms with Crippen molar-refractivity contribution in [2.75, 3.05) is 14.2 Å². The van der Waals surface area contributed by atoms with Crippen LogP contribution in [0.2, 0.25) is 0 Å². The summed E-state index contributed by atoms with van der Waals surface area (Å²) in [6.07, 6.45) is 0. The van der Waals surface area contributed by atoms with Gasteiger partial charge < -0.3 is 9.47 Å². The molecule has 0 bridgehead atoms. The van der Waals surface area contributed by atoms with Crippen LogP contribution in [0.1, 0.15) is 33.4 Å². The van der Waals surface area contributed by atoms with Gasteiger partial charge in [0, 0.05) is 11.1 Å². The molecule has 0 fully saturated rings. The molecule has 0 N–H and O–H groups in total. The van der Waals surface area contributed by atoms with Crippen LogP contribution < -0.4 is 30.7 Å². The summed E-state index contributed by atoms with van der Waals surface area (Å²) in [7, 11) is 3.51. The minimum Gasteiger partial charge on any atom is -0.496 e. The molecular weight excluding hydrogens is 399 g/mol. The molecule has 23 heavy (non-hydrogen) atoms.